The number of carbonyl (C=O) groups excluding carboxylic acids is 2. The van der Waals surface area contributed by atoms with Crippen molar-refractivity contribution < 1.29 is 19.1 Å². The Morgan fingerprint density at radius 2 is 1.79 bits per heavy atom. The van der Waals surface area contributed by atoms with Crippen LogP contribution in [-0.2, 0) is 11.3 Å². The first kappa shape index (κ1) is 17.1. The number of carbonyl (C=O) groups is 2. The van der Waals surface area contributed by atoms with E-state index in [2.05, 4.69) is 21.2 Å². The molecule has 1 heterocycles. The number of rotatable bonds is 4. The first-order valence-electron chi connectivity index (χ1n) is 8.05. The van der Waals surface area contributed by atoms with Crippen LogP contribution in [-0.4, -0.2) is 36.6 Å². The van der Waals surface area contributed by atoms with Gasteiger partial charge in [0.05, 0.1) is 25.2 Å². The van der Waals surface area contributed by atoms with Gasteiger partial charge in [-0.2, -0.15) is 0 Å². The van der Waals surface area contributed by atoms with Crippen molar-refractivity contribution >= 4 is 27.9 Å². The molecule has 1 saturated carbocycles. The summed E-state index contributed by atoms with van der Waals surface area (Å²) in [5.74, 6) is 1.11. The lowest BCUT2D eigenvalue weighted by Gasteiger charge is -2.30. The number of nitrogens with one attached hydrogen (secondary N) is 1. The summed E-state index contributed by atoms with van der Waals surface area (Å²) in [6.45, 7) is 0.166. The normalized spacial score (nSPS) is 19.5. The second-order valence-electron chi connectivity index (χ2n) is 6.26. The Hall–Kier alpha value is -1.76. The van der Waals surface area contributed by atoms with Crippen LogP contribution in [0, 0.1) is 0 Å². The van der Waals surface area contributed by atoms with Gasteiger partial charge in [0.2, 0.25) is 0 Å². The summed E-state index contributed by atoms with van der Waals surface area (Å²) in [5.41, 5.74) is 0.0241. The Bertz CT molecular complexity index is 671. The van der Waals surface area contributed by atoms with Gasteiger partial charge in [-0.15, -0.1) is 0 Å². The van der Waals surface area contributed by atoms with Crippen LogP contribution in [0.3, 0.4) is 0 Å². The third-order valence-corrected chi connectivity index (χ3v) is 5.46. The summed E-state index contributed by atoms with van der Waals surface area (Å²) in [6, 6.07) is 3.24. The number of benzene rings is 1. The van der Waals surface area contributed by atoms with Crippen molar-refractivity contribution in [1.29, 1.82) is 0 Å². The maximum absolute atomic E-state index is 12.9. The van der Waals surface area contributed by atoms with E-state index < -0.39 is 5.54 Å². The summed E-state index contributed by atoms with van der Waals surface area (Å²) in [7, 11) is 3.13. The van der Waals surface area contributed by atoms with Gasteiger partial charge in [-0.1, -0.05) is 19.3 Å². The lowest BCUT2D eigenvalue weighted by atomic mass is 9.82. The van der Waals surface area contributed by atoms with Crippen LogP contribution < -0.4 is 14.8 Å². The number of urea groups is 1. The molecule has 0 unspecified atom stereocenters. The molecule has 6 nitrogen and oxygen atoms in total. The average Bonchev–Trinajstić information content (AvgIpc) is 2.80. The second-order valence-corrected chi connectivity index (χ2v) is 7.12. The van der Waals surface area contributed by atoms with E-state index >= 15 is 0 Å². The van der Waals surface area contributed by atoms with Gasteiger partial charge in [-0.05, 0) is 40.9 Å². The van der Waals surface area contributed by atoms with E-state index in [0.717, 1.165) is 42.1 Å². The number of nitrogens with zero attached hydrogens (tertiary/aromatic N) is 1. The minimum Gasteiger partial charge on any atom is -0.496 e. The number of amides is 3. The van der Waals surface area contributed by atoms with E-state index in [9.17, 15) is 9.59 Å². The number of hydrogen-bond acceptors (Lipinski definition) is 4. The minimum absolute atomic E-state index is 0.129. The molecule has 2 fully saturated rings. The monoisotopic (exact) mass is 396 g/mol. The zero-order valence-electron chi connectivity index (χ0n) is 13.9. The highest BCUT2D eigenvalue weighted by Gasteiger charge is 2.51. The molecule has 3 amide bonds. The molecule has 130 valence electrons. The summed E-state index contributed by atoms with van der Waals surface area (Å²) in [5, 5.41) is 2.92. The fourth-order valence-corrected chi connectivity index (χ4v) is 4.02. The molecule has 1 spiro atoms. The van der Waals surface area contributed by atoms with Crippen molar-refractivity contribution in [3.8, 4) is 11.5 Å². The van der Waals surface area contributed by atoms with Gasteiger partial charge < -0.3 is 14.8 Å². The van der Waals surface area contributed by atoms with Crippen LogP contribution in [0.15, 0.2) is 16.6 Å². The molecule has 1 N–H and O–H groups in total. The lowest BCUT2D eigenvalue weighted by molar-refractivity contribution is -0.132. The van der Waals surface area contributed by atoms with Gasteiger partial charge in [0.25, 0.3) is 5.91 Å². The molecule has 0 aromatic heterocycles. The van der Waals surface area contributed by atoms with Crippen LogP contribution in [0.4, 0.5) is 4.79 Å². The van der Waals surface area contributed by atoms with Gasteiger partial charge in [-0.25, -0.2) is 4.79 Å². The molecule has 0 radical (unpaired) electrons. The van der Waals surface area contributed by atoms with Crippen molar-refractivity contribution in [3.63, 3.8) is 0 Å². The SMILES string of the molecule is COc1cc(CN2C(=O)NC3(CCCCC3)C2=O)c(OC)cc1Br. The van der Waals surface area contributed by atoms with Crippen LogP contribution in [0.5, 0.6) is 11.5 Å². The fraction of sp³-hybridized carbons (Fsp3) is 0.529. The molecule has 1 aromatic rings. The van der Waals surface area contributed by atoms with Gasteiger partial charge in [0.1, 0.15) is 17.0 Å². The Balaban J connectivity index is 1.88. The van der Waals surface area contributed by atoms with Crippen molar-refractivity contribution in [2.75, 3.05) is 14.2 Å². The maximum Gasteiger partial charge on any atom is 0.325 e. The van der Waals surface area contributed by atoms with E-state index in [4.69, 9.17) is 9.47 Å². The molecule has 24 heavy (non-hydrogen) atoms. The molecule has 0 atom stereocenters. The molecule has 0 bridgehead atoms. The standard InChI is InChI=1S/C17H21BrN2O4/c1-23-13-9-12(18)14(24-2)8-11(13)10-20-15(21)17(19-16(20)22)6-4-3-5-7-17/h8-9H,3-7,10H2,1-2H3,(H,19,22). The summed E-state index contributed by atoms with van der Waals surface area (Å²) in [4.78, 5) is 26.6. The molecule has 2 aliphatic rings. The van der Waals surface area contributed by atoms with E-state index in [-0.39, 0.29) is 18.5 Å². The predicted molar refractivity (Wildman–Crippen MR) is 92.1 cm³/mol. The molecule has 1 saturated heterocycles. The van der Waals surface area contributed by atoms with Crippen LogP contribution >= 0.6 is 15.9 Å². The molecule has 3 rings (SSSR count). The molecule has 1 aromatic carbocycles. The number of halogens is 1. The smallest absolute Gasteiger partial charge is 0.325 e. The van der Waals surface area contributed by atoms with Crippen molar-refractivity contribution in [2.24, 2.45) is 0 Å². The molecular weight excluding hydrogens is 376 g/mol. The third kappa shape index (κ3) is 2.85. The van der Waals surface area contributed by atoms with Gasteiger partial charge in [0, 0.05) is 5.56 Å². The summed E-state index contributed by atoms with van der Waals surface area (Å²) in [6.07, 6.45) is 4.48. The Labute approximate surface area is 149 Å². The number of hydrogen-bond donors (Lipinski definition) is 1. The second kappa shape index (κ2) is 6.63. The Morgan fingerprint density at radius 1 is 1.12 bits per heavy atom. The predicted octanol–water partition coefficient (Wildman–Crippen LogP) is 3.22. The largest absolute Gasteiger partial charge is 0.496 e. The highest BCUT2D eigenvalue weighted by Crippen LogP contribution is 2.37. The summed E-state index contributed by atoms with van der Waals surface area (Å²) < 4.78 is 11.5. The van der Waals surface area contributed by atoms with E-state index in [0.29, 0.717) is 11.5 Å². The number of methoxy groups -OCH3 is 2. The molecule has 7 heteroatoms. The Morgan fingerprint density at radius 3 is 2.42 bits per heavy atom. The van der Waals surface area contributed by atoms with Gasteiger partial charge >= 0.3 is 6.03 Å². The van der Waals surface area contributed by atoms with Crippen molar-refractivity contribution in [3.05, 3.63) is 22.2 Å². The fourth-order valence-electron chi connectivity index (χ4n) is 3.53. The van der Waals surface area contributed by atoms with E-state index in [1.807, 2.05) is 0 Å². The topological polar surface area (TPSA) is 67.9 Å². The van der Waals surface area contributed by atoms with Gasteiger partial charge in [0.15, 0.2) is 0 Å². The lowest BCUT2D eigenvalue weighted by Crippen LogP contribution is -2.48. The van der Waals surface area contributed by atoms with Crippen molar-refractivity contribution in [1.82, 2.24) is 10.2 Å². The molecule has 1 aliphatic heterocycles. The highest BCUT2D eigenvalue weighted by molar-refractivity contribution is 9.10. The third-order valence-electron chi connectivity index (χ3n) is 4.84. The average molecular weight is 397 g/mol. The number of imide groups is 1. The zero-order valence-corrected chi connectivity index (χ0v) is 15.4. The van der Waals surface area contributed by atoms with Crippen LogP contribution in [0.25, 0.3) is 0 Å². The molecule has 1 aliphatic carbocycles. The number of ether oxygens (including phenoxy) is 2. The minimum atomic E-state index is -0.706. The zero-order chi connectivity index (χ0) is 17.3. The van der Waals surface area contributed by atoms with Crippen LogP contribution in [0.1, 0.15) is 37.7 Å². The maximum atomic E-state index is 12.9. The Kier molecular flexibility index (Phi) is 4.71. The van der Waals surface area contributed by atoms with E-state index in [1.165, 1.54) is 4.90 Å². The first-order valence-corrected chi connectivity index (χ1v) is 8.84. The highest BCUT2D eigenvalue weighted by atomic mass is 79.9. The quantitative estimate of drug-likeness (QED) is 0.793. The van der Waals surface area contributed by atoms with Crippen LogP contribution in [0.2, 0.25) is 0 Å². The summed E-state index contributed by atoms with van der Waals surface area (Å²) >= 11 is 3.41. The first-order chi connectivity index (χ1) is 11.5. The van der Waals surface area contributed by atoms with Crippen molar-refractivity contribution in [2.45, 2.75) is 44.2 Å². The van der Waals surface area contributed by atoms with E-state index in [1.54, 1.807) is 26.4 Å². The van der Waals surface area contributed by atoms with Gasteiger partial charge in [-0.3, -0.25) is 9.69 Å². The molecular formula is C17H21BrN2O4.